The van der Waals surface area contributed by atoms with Crippen molar-refractivity contribution in [3.8, 4) is 23.0 Å². The number of ether oxygens (including phenoxy) is 3. The molecule has 1 aliphatic heterocycles. The zero-order valence-electron chi connectivity index (χ0n) is 28.4. The summed E-state index contributed by atoms with van der Waals surface area (Å²) < 4.78 is 34.9. The van der Waals surface area contributed by atoms with E-state index in [1.165, 1.54) is 12.1 Å². The van der Waals surface area contributed by atoms with Gasteiger partial charge in [-0.2, -0.15) is 0 Å². The molecule has 5 aromatic rings. The van der Waals surface area contributed by atoms with Crippen molar-refractivity contribution in [2.45, 2.75) is 38.1 Å². The van der Waals surface area contributed by atoms with E-state index in [2.05, 4.69) is 32.1 Å². The number of rotatable bonds is 11. The van der Waals surface area contributed by atoms with Crippen LogP contribution in [0, 0.1) is 5.82 Å². The highest BCUT2D eigenvalue weighted by Crippen LogP contribution is 2.38. The maximum absolute atomic E-state index is 15.5. The molecular weight excluding hydrogens is 639 g/mol. The Bertz CT molecular complexity index is 2070. The second-order valence-electron chi connectivity index (χ2n) is 12.9. The first-order valence-corrected chi connectivity index (χ1v) is 17.2. The zero-order chi connectivity index (χ0) is 34.6. The van der Waals surface area contributed by atoms with Crippen molar-refractivity contribution >= 4 is 33.5 Å². The van der Waals surface area contributed by atoms with Crippen molar-refractivity contribution in [2.24, 2.45) is 0 Å². The first-order valence-electron chi connectivity index (χ1n) is 17.2. The van der Waals surface area contributed by atoms with Gasteiger partial charge in [0.15, 0.2) is 28.8 Å². The Morgan fingerprint density at radius 2 is 1.74 bits per heavy atom. The lowest BCUT2D eigenvalue weighted by Crippen LogP contribution is -2.44. The molecular formula is C38H41FN6O5. The second-order valence-corrected chi connectivity index (χ2v) is 12.9. The average molecular weight is 681 g/mol. The SMILES string of the molecule is COc1cc2c(Oc3ccc(NC(=O)c4nc5ccccc5n(C5CCCC5)c4=O)cc3F)ccnc2cc1OCCCN1CCN(C)CC1. The molecule has 1 N–H and O–H groups in total. The van der Waals surface area contributed by atoms with E-state index in [9.17, 15) is 9.59 Å². The van der Waals surface area contributed by atoms with Crippen LogP contribution in [0.3, 0.4) is 0 Å². The fourth-order valence-corrected chi connectivity index (χ4v) is 6.83. The summed E-state index contributed by atoms with van der Waals surface area (Å²) >= 11 is 0. The minimum atomic E-state index is -0.704. The van der Waals surface area contributed by atoms with Crippen molar-refractivity contribution in [1.82, 2.24) is 24.3 Å². The van der Waals surface area contributed by atoms with E-state index in [0.717, 1.165) is 70.9 Å². The Morgan fingerprint density at radius 3 is 2.52 bits per heavy atom. The second kappa shape index (κ2) is 14.8. The summed E-state index contributed by atoms with van der Waals surface area (Å²) in [7, 11) is 3.71. The highest BCUT2D eigenvalue weighted by Gasteiger charge is 2.25. The summed E-state index contributed by atoms with van der Waals surface area (Å²) in [6.07, 6.45) is 6.26. The van der Waals surface area contributed by atoms with Gasteiger partial charge in [-0.15, -0.1) is 0 Å². The monoisotopic (exact) mass is 680 g/mol. The number of halogens is 1. The number of carbonyl (C=O) groups excluding carboxylic acids is 1. The van der Waals surface area contributed by atoms with Gasteiger partial charge in [0.25, 0.3) is 11.5 Å². The van der Waals surface area contributed by atoms with Gasteiger partial charge in [0, 0.05) is 68.2 Å². The zero-order valence-corrected chi connectivity index (χ0v) is 28.4. The van der Waals surface area contributed by atoms with Crippen LogP contribution in [0.15, 0.2) is 71.7 Å². The van der Waals surface area contributed by atoms with E-state index in [-0.39, 0.29) is 23.2 Å². The molecule has 50 heavy (non-hydrogen) atoms. The Morgan fingerprint density at radius 1 is 0.940 bits per heavy atom. The van der Waals surface area contributed by atoms with Crippen molar-refractivity contribution in [2.75, 3.05) is 58.8 Å². The number of carbonyl (C=O) groups is 1. The third-order valence-corrected chi connectivity index (χ3v) is 9.57. The molecule has 7 rings (SSSR count). The number of hydrogen-bond acceptors (Lipinski definition) is 9. The largest absolute Gasteiger partial charge is 0.493 e. The van der Waals surface area contributed by atoms with Crippen LogP contribution < -0.4 is 25.1 Å². The lowest BCUT2D eigenvalue weighted by atomic mass is 10.1. The van der Waals surface area contributed by atoms with Gasteiger partial charge in [0.2, 0.25) is 0 Å². The van der Waals surface area contributed by atoms with E-state index < -0.39 is 17.3 Å². The normalized spacial score (nSPS) is 15.8. The van der Waals surface area contributed by atoms with Crippen LogP contribution in [0.1, 0.15) is 48.6 Å². The highest BCUT2D eigenvalue weighted by atomic mass is 19.1. The van der Waals surface area contributed by atoms with Gasteiger partial charge in [-0.25, -0.2) is 9.37 Å². The van der Waals surface area contributed by atoms with Crippen LogP contribution in [0.2, 0.25) is 0 Å². The van der Waals surface area contributed by atoms with Gasteiger partial charge in [-0.1, -0.05) is 25.0 Å². The summed E-state index contributed by atoms with van der Waals surface area (Å²) in [5, 5.41) is 3.27. The molecule has 1 saturated carbocycles. The Balaban J connectivity index is 1.05. The molecule has 3 heterocycles. The fourth-order valence-electron chi connectivity index (χ4n) is 6.83. The predicted octanol–water partition coefficient (Wildman–Crippen LogP) is 6.27. The molecule has 3 aromatic carbocycles. The van der Waals surface area contributed by atoms with Gasteiger partial charge < -0.3 is 33.9 Å². The van der Waals surface area contributed by atoms with Crippen LogP contribution in [0.25, 0.3) is 21.9 Å². The Hall–Kier alpha value is -5.07. The summed E-state index contributed by atoms with van der Waals surface area (Å²) in [4.78, 5) is 40.6. The number of aromatic nitrogens is 3. The lowest BCUT2D eigenvalue weighted by Gasteiger charge is -2.32. The molecule has 0 radical (unpaired) electrons. The number of para-hydroxylation sites is 2. The highest BCUT2D eigenvalue weighted by molar-refractivity contribution is 6.03. The number of fused-ring (bicyclic) bond motifs is 2. The number of nitrogens with one attached hydrogen (secondary N) is 1. The summed E-state index contributed by atoms with van der Waals surface area (Å²) in [5.74, 6) is 0.0116. The maximum Gasteiger partial charge on any atom is 0.282 e. The van der Waals surface area contributed by atoms with E-state index >= 15 is 4.39 Å². The van der Waals surface area contributed by atoms with Crippen LogP contribution in [0.4, 0.5) is 10.1 Å². The van der Waals surface area contributed by atoms with E-state index in [1.54, 1.807) is 42.1 Å². The number of methoxy groups -OCH3 is 1. The third-order valence-electron chi connectivity index (χ3n) is 9.57. The van der Waals surface area contributed by atoms with Crippen molar-refractivity contribution < 1.29 is 23.4 Å². The molecule has 1 aliphatic carbocycles. The number of likely N-dealkylation sites (N-methyl/N-ethyl adjacent to an activating group) is 1. The summed E-state index contributed by atoms with van der Waals surface area (Å²) in [5.41, 5.74) is 1.35. The van der Waals surface area contributed by atoms with Gasteiger partial charge in [0.1, 0.15) is 5.75 Å². The minimum Gasteiger partial charge on any atom is -0.493 e. The molecule has 2 aliphatic rings. The topological polar surface area (TPSA) is 111 Å². The molecule has 260 valence electrons. The molecule has 0 bridgehead atoms. The van der Waals surface area contributed by atoms with Gasteiger partial charge >= 0.3 is 0 Å². The first-order chi connectivity index (χ1) is 24.4. The number of piperazine rings is 1. The molecule has 12 heteroatoms. The number of benzene rings is 3. The van der Waals surface area contributed by atoms with E-state index in [4.69, 9.17) is 14.2 Å². The minimum absolute atomic E-state index is 0.0106. The van der Waals surface area contributed by atoms with Gasteiger partial charge in [0.05, 0.1) is 30.3 Å². The number of anilines is 1. The molecule has 11 nitrogen and oxygen atoms in total. The summed E-state index contributed by atoms with van der Waals surface area (Å²) in [6, 6.07) is 16.6. The first kappa shape index (κ1) is 33.4. The number of nitrogens with zero attached hydrogens (tertiary/aromatic N) is 5. The number of hydrogen-bond donors (Lipinski definition) is 1. The van der Waals surface area contributed by atoms with Gasteiger partial charge in [-0.05, 0) is 62.7 Å². The molecule has 0 atom stereocenters. The smallest absolute Gasteiger partial charge is 0.282 e. The lowest BCUT2D eigenvalue weighted by molar-refractivity contribution is 0.102. The van der Waals surface area contributed by atoms with Gasteiger partial charge in [-0.3, -0.25) is 14.6 Å². The number of amides is 1. The van der Waals surface area contributed by atoms with E-state index in [0.29, 0.717) is 45.8 Å². The van der Waals surface area contributed by atoms with Crippen molar-refractivity contribution in [3.63, 3.8) is 0 Å². The third kappa shape index (κ3) is 7.12. The number of pyridine rings is 1. The molecule has 1 saturated heterocycles. The molecule has 0 spiro atoms. The predicted molar refractivity (Wildman–Crippen MR) is 190 cm³/mol. The van der Waals surface area contributed by atoms with Crippen LogP contribution in [-0.4, -0.2) is 83.7 Å². The molecule has 2 fully saturated rings. The van der Waals surface area contributed by atoms with Crippen LogP contribution in [0.5, 0.6) is 23.0 Å². The standard InChI is InChI=1S/C38H41FN6O5/c1-43-17-19-44(20-18-43)16-7-21-49-35-24-30-27(23-34(35)48-2)32(14-15-40-30)50-33-13-12-25(22-28(33)39)41-37(46)36-38(47)45(26-8-3-4-9-26)31-11-6-5-10-29(31)42-36/h5-6,10-15,22-24,26H,3-4,7-9,16-21H2,1-2H3,(H,41,46). The molecule has 0 unspecified atom stereocenters. The van der Waals surface area contributed by atoms with Crippen LogP contribution >= 0.6 is 0 Å². The maximum atomic E-state index is 15.5. The van der Waals surface area contributed by atoms with Crippen LogP contribution in [-0.2, 0) is 0 Å². The molecule has 2 aromatic heterocycles. The van der Waals surface area contributed by atoms with Crippen molar-refractivity contribution in [1.29, 1.82) is 0 Å². The fraction of sp³-hybridized carbons (Fsp3) is 0.368. The average Bonchev–Trinajstić information content (AvgIpc) is 3.66. The summed E-state index contributed by atoms with van der Waals surface area (Å²) in [6.45, 7) is 5.78. The Kier molecular flexibility index (Phi) is 9.90. The van der Waals surface area contributed by atoms with E-state index in [1.807, 2.05) is 18.2 Å². The Labute approximate surface area is 289 Å². The van der Waals surface area contributed by atoms with Crippen molar-refractivity contribution in [3.05, 3.63) is 88.7 Å². The quantitative estimate of drug-likeness (QED) is 0.162. The molecule has 1 amide bonds.